The lowest BCUT2D eigenvalue weighted by atomic mass is 10.1. The van der Waals surface area contributed by atoms with Gasteiger partial charge in [0.2, 0.25) is 0 Å². The standard InChI is InChI=1S/C11H18N4O2S/c12-8-4-5-15-10(7-8)13-14-11(15)9-3-1-2-6-18(9,16)17/h8-9H,1-7,12H2. The first-order chi connectivity index (χ1) is 8.58. The first-order valence-electron chi connectivity index (χ1n) is 6.47. The van der Waals surface area contributed by atoms with E-state index in [1.807, 2.05) is 4.57 Å². The van der Waals surface area contributed by atoms with Gasteiger partial charge in [-0.15, -0.1) is 10.2 Å². The molecular weight excluding hydrogens is 252 g/mol. The summed E-state index contributed by atoms with van der Waals surface area (Å²) in [5, 5.41) is 7.79. The molecule has 0 bridgehead atoms. The maximum atomic E-state index is 12.1. The van der Waals surface area contributed by atoms with Crippen LogP contribution in [0.3, 0.4) is 0 Å². The highest BCUT2D eigenvalue weighted by Crippen LogP contribution is 2.33. The highest BCUT2D eigenvalue weighted by molar-refractivity contribution is 7.91. The van der Waals surface area contributed by atoms with E-state index in [4.69, 9.17) is 5.73 Å². The molecule has 0 aliphatic carbocycles. The van der Waals surface area contributed by atoms with Crippen molar-refractivity contribution in [3.8, 4) is 0 Å². The van der Waals surface area contributed by atoms with E-state index in [0.29, 0.717) is 18.7 Å². The topological polar surface area (TPSA) is 90.9 Å². The van der Waals surface area contributed by atoms with Crippen LogP contribution in [0.5, 0.6) is 0 Å². The molecule has 7 heteroatoms. The lowest BCUT2D eigenvalue weighted by Gasteiger charge is -2.25. The van der Waals surface area contributed by atoms with E-state index in [0.717, 1.165) is 31.6 Å². The molecule has 1 saturated heterocycles. The van der Waals surface area contributed by atoms with Crippen molar-refractivity contribution in [1.29, 1.82) is 0 Å². The van der Waals surface area contributed by atoms with Crippen molar-refractivity contribution >= 4 is 9.84 Å². The number of nitrogens with zero attached hydrogens (tertiary/aromatic N) is 3. The van der Waals surface area contributed by atoms with Crippen LogP contribution in [-0.2, 0) is 22.8 Å². The molecule has 0 amide bonds. The fraction of sp³-hybridized carbons (Fsp3) is 0.818. The predicted molar refractivity (Wildman–Crippen MR) is 66.7 cm³/mol. The van der Waals surface area contributed by atoms with Crippen LogP contribution in [0.1, 0.15) is 42.6 Å². The monoisotopic (exact) mass is 270 g/mol. The van der Waals surface area contributed by atoms with Gasteiger partial charge in [0.05, 0.1) is 5.75 Å². The third kappa shape index (κ3) is 1.95. The highest BCUT2D eigenvalue weighted by Gasteiger charge is 2.35. The zero-order valence-electron chi connectivity index (χ0n) is 10.2. The second kappa shape index (κ2) is 4.31. The first-order valence-corrected chi connectivity index (χ1v) is 8.18. The van der Waals surface area contributed by atoms with E-state index < -0.39 is 15.1 Å². The van der Waals surface area contributed by atoms with Crippen molar-refractivity contribution in [2.24, 2.45) is 5.73 Å². The Balaban J connectivity index is 1.98. The van der Waals surface area contributed by atoms with Gasteiger partial charge in [-0.2, -0.15) is 0 Å². The molecule has 1 aromatic heterocycles. The third-order valence-electron chi connectivity index (χ3n) is 3.89. The van der Waals surface area contributed by atoms with Crippen LogP contribution >= 0.6 is 0 Å². The minimum Gasteiger partial charge on any atom is -0.327 e. The second-order valence-electron chi connectivity index (χ2n) is 5.23. The minimum atomic E-state index is -3.05. The Labute approximate surface area is 106 Å². The highest BCUT2D eigenvalue weighted by atomic mass is 32.2. The summed E-state index contributed by atoms with van der Waals surface area (Å²) in [5.41, 5.74) is 5.89. The molecule has 1 fully saturated rings. The number of hydrogen-bond acceptors (Lipinski definition) is 5. The van der Waals surface area contributed by atoms with Crippen molar-refractivity contribution in [2.75, 3.05) is 5.75 Å². The lowest BCUT2D eigenvalue weighted by Crippen LogP contribution is -2.33. The smallest absolute Gasteiger partial charge is 0.160 e. The van der Waals surface area contributed by atoms with Crippen LogP contribution in [0, 0.1) is 0 Å². The number of rotatable bonds is 1. The number of nitrogens with two attached hydrogens (primary N) is 1. The molecule has 0 aromatic carbocycles. The van der Waals surface area contributed by atoms with Crippen LogP contribution in [0.25, 0.3) is 0 Å². The number of fused-ring (bicyclic) bond motifs is 1. The van der Waals surface area contributed by atoms with Crippen LogP contribution in [0.2, 0.25) is 0 Å². The molecule has 2 unspecified atom stereocenters. The van der Waals surface area contributed by atoms with Gasteiger partial charge in [-0.25, -0.2) is 8.42 Å². The van der Waals surface area contributed by atoms with Gasteiger partial charge in [0, 0.05) is 19.0 Å². The van der Waals surface area contributed by atoms with Crippen molar-refractivity contribution in [1.82, 2.24) is 14.8 Å². The molecule has 2 N–H and O–H groups in total. The largest absolute Gasteiger partial charge is 0.327 e. The number of aromatic nitrogens is 3. The number of sulfone groups is 1. The maximum absolute atomic E-state index is 12.1. The minimum absolute atomic E-state index is 0.123. The van der Waals surface area contributed by atoms with Gasteiger partial charge in [0.15, 0.2) is 15.7 Å². The fourth-order valence-electron chi connectivity index (χ4n) is 2.86. The SMILES string of the molecule is NC1CCn2c(nnc2C2CCCCS2(=O)=O)C1. The summed E-state index contributed by atoms with van der Waals surface area (Å²) in [7, 11) is -3.05. The third-order valence-corrected chi connectivity index (χ3v) is 6.06. The molecule has 3 rings (SSSR count). The van der Waals surface area contributed by atoms with E-state index in [9.17, 15) is 8.42 Å². The molecule has 2 atom stereocenters. The molecule has 100 valence electrons. The Morgan fingerprint density at radius 1 is 1.22 bits per heavy atom. The first kappa shape index (κ1) is 12.1. The zero-order chi connectivity index (χ0) is 12.8. The molecule has 3 heterocycles. The summed E-state index contributed by atoms with van der Waals surface area (Å²) in [6, 6.07) is 0.123. The molecule has 6 nitrogen and oxygen atoms in total. The quantitative estimate of drug-likeness (QED) is 0.786. The summed E-state index contributed by atoms with van der Waals surface area (Å²) < 4.78 is 26.2. The van der Waals surface area contributed by atoms with Crippen molar-refractivity contribution in [3.05, 3.63) is 11.6 Å². The second-order valence-corrected chi connectivity index (χ2v) is 7.53. The van der Waals surface area contributed by atoms with Gasteiger partial charge < -0.3 is 10.3 Å². The van der Waals surface area contributed by atoms with Crippen molar-refractivity contribution < 1.29 is 8.42 Å². The molecule has 0 spiro atoms. The van der Waals surface area contributed by atoms with Crippen molar-refractivity contribution in [3.63, 3.8) is 0 Å². The van der Waals surface area contributed by atoms with Gasteiger partial charge in [0.25, 0.3) is 0 Å². The van der Waals surface area contributed by atoms with Gasteiger partial charge in [0.1, 0.15) is 11.1 Å². The Morgan fingerprint density at radius 3 is 2.83 bits per heavy atom. The number of hydrogen-bond donors (Lipinski definition) is 1. The molecule has 2 aliphatic heterocycles. The Bertz CT molecular complexity index is 551. The molecule has 2 aliphatic rings. The molecule has 0 radical (unpaired) electrons. The van der Waals surface area contributed by atoms with Gasteiger partial charge >= 0.3 is 0 Å². The van der Waals surface area contributed by atoms with Gasteiger partial charge in [-0.05, 0) is 19.3 Å². The van der Waals surface area contributed by atoms with Gasteiger partial charge in [-0.1, -0.05) is 6.42 Å². The zero-order valence-corrected chi connectivity index (χ0v) is 11.1. The summed E-state index contributed by atoms with van der Waals surface area (Å²) in [4.78, 5) is 0. The van der Waals surface area contributed by atoms with Crippen LogP contribution < -0.4 is 5.73 Å². The van der Waals surface area contributed by atoms with E-state index in [-0.39, 0.29) is 11.8 Å². The Morgan fingerprint density at radius 2 is 2.06 bits per heavy atom. The Hall–Kier alpha value is -0.950. The normalized spacial score (nSPS) is 30.9. The molecular formula is C11H18N4O2S. The predicted octanol–water partition coefficient (Wildman–Crippen LogP) is 0.191. The van der Waals surface area contributed by atoms with E-state index in [1.54, 1.807) is 0 Å². The maximum Gasteiger partial charge on any atom is 0.160 e. The average molecular weight is 270 g/mol. The van der Waals surface area contributed by atoms with Gasteiger partial charge in [-0.3, -0.25) is 0 Å². The van der Waals surface area contributed by atoms with Crippen molar-refractivity contribution in [2.45, 2.75) is 49.9 Å². The molecule has 18 heavy (non-hydrogen) atoms. The average Bonchev–Trinajstić information content (AvgIpc) is 2.71. The fourth-order valence-corrected chi connectivity index (χ4v) is 4.77. The summed E-state index contributed by atoms with van der Waals surface area (Å²) >= 11 is 0. The molecule has 1 aromatic rings. The summed E-state index contributed by atoms with van der Waals surface area (Å²) in [5.74, 6) is 1.75. The van der Waals surface area contributed by atoms with Crippen LogP contribution in [0.15, 0.2) is 0 Å². The van der Waals surface area contributed by atoms with E-state index in [2.05, 4.69) is 10.2 Å². The van der Waals surface area contributed by atoms with E-state index >= 15 is 0 Å². The Kier molecular flexibility index (Phi) is 2.90. The lowest BCUT2D eigenvalue weighted by molar-refractivity contribution is 0.445. The van der Waals surface area contributed by atoms with Crippen LogP contribution in [0.4, 0.5) is 0 Å². The summed E-state index contributed by atoms with van der Waals surface area (Å²) in [6.45, 7) is 0.741. The van der Waals surface area contributed by atoms with Crippen LogP contribution in [-0.4, -0.2) is 35.0 Å². The molecule has 0 saturated carbocycles. The van der Waals surface area contributed by atoms with E-state index in [1.165, 1.54) is 0 Å². The summed E-state index contributed by atoms with van der Waals surface area (Å²) in [6.07, 6.45) is 3.95.